The zero-order valence-electron chi connectivity index (χ0n) is 8.43. The van der Waals surface area contributed by atoms with Gasteiger partial charge in [0, 0.05) is 6.04 Å². The summed E-state index contributed by atoms with van der Waals surface area (Å²) < 4.78 is 1.64. The molecule has 0 bridgehead atoms. The van der Waals surface area contributed by atoms with Crippen LogP contribution in [0.15, 0.2) is 12.4 Å². The van der Waals surface area contributed by atoms with Gasteiger partial charge >= 0.3 is 5.69 Å². The average Bonchev–Trinajstić information content (AvgIpc) is 2.68. The van der Waals surface area contributed by atoms with Crippen LogP contribution < -0.4 is 5.32 Å². The Bertz CT molecular complexity index is 344. The van der Waals surface area contributed by atoms with Gasteiger partial charge in [-0.05, 0) is 19.4 Å². The van der Waals surface area contributed by atoms with Crippen molar-refractivity contribution in [3.05, 3.63) is 22.5 Å². The second-order valence-corrected chi connectivity index (χ2v) is 3.82. The van der Waals surface area contributed by atoms with Gasteiger partial charge in [0.05, 0.1) is 11.5 Å². The van der Waals surface area contributed by atoms with Gasteiger partial charge in [0.2, 0.25) is 0 Å². The quantitative estimate of drug-likeness (QED) is 0.595. The van der Waals surface area contributed by atoms with Gasteiger partial charge in [-0.25, -0.2) is 0 Å². The van der Waals surface area contributed by atoms with Crippen molar-refractivity contribution in [3.8, 4) is 0 Å². The summed E-state index contributed by atoms with van der Waals surface area (Å²) in [5, 5.41) is 17.8. The maximum absolute atomic E-state index is 10.4. The van der Waals surface area contributed by atoms with Crippen molar-refractivity contribution in [3.63, 3.8) is 0 Å². The minimum Gasteiger partial charge on any atom is -0.312 e. The van der Waals surface area contributed by atoms with Crippen molar-refractivity contribution in [1.29, 1.82) is 0 Å². The van der Waals surface area contributed by atoms with E-state index in [1.165, 1.54) is 25.2 Å². The first kappa shape index (κ1) is 10.1. The lowest BCUT2D eigenvalue weighted by Crippen LogP contribution is -2.37. The number of nitrogens with zero attached hydrogens (tertiary/aromatic N) is 3. The average molecular weight is 210 g/mol. The van der Waals surface area contributed by atoms with E-state index in [9.17, 15) is 10.1 Å². The minimum absolute atomic E-state index is 0.0609. The first-order valence-corrected chi connectivity index (χ1v) is 5.16. The van der Waals surface area contributed by atoms with Crippen molar-refractivity contribution < 1.29 is 4.92 Å². The van der Waals surface area contributed by atoms with Crippen LogP contribution in [0.3, 0.4) is 0 Å². The number of hydrogen-bond acceptors (Lipinski definition) is 4. The molecular formula is C9H14N4O2. The monoisotopic (exact) mass is 210 g/mol. The SMILES string of the molecule is O=[N+]([O-])c1cnn(CC2CCCCN2)c1. The van der Waals surface area contributed by atoms with Crippen molar-refractivity contribution >= 4 is 5.69 Å². The summed E-state index contributed by atoms with van der Waals surface area (Å²) in [6.45, 7) is 1.75. The highest BCUT2D eigenvalue weighted by Gasteiger charge is 2.15. The smallest absolute Gasteiger partial charge is 0.306 e. The van der Waals surface area contributed by atoms with Crippen molar-refractivity contribution in [2.75, 3.05) is 6.54 Å². The van der Waals surface area contributed by atoms with E-state index >= 15 is 0 Å². The zero-order valence-corrected chi connectivity index (χ0v) is 8.43. The molecule has 0 radical (unpaired) electrons. The Hall–Kier alpha value is -1.43. The summed E-state index contributed by atoms with van der Waals surface area (Å²) in [5.41, 5.74) is 0.0609. The number of hydrogen-bond donors (Lipinski definition) is 1. The number of aromatic nitrogens is 2. The molecule has 1 saturated heterocycles. The van der Waals surface area contributed by atoms with E-state index in [-0.39, 0.29) is 5.69 Å². The third-order valence-corrected chi connectivity index (χ3v) is 2.65. The van der Waals surface area contributed by atoms with E-state index in [4.69, 9.17) is 0 Å². The fourth-order valence-electron chi connectivity index (χ4n) is 1.85. The van der Waals surface area contributed by atoms with Crippen molar-refractivity contribution in [2.24, 2.45) is 0 Å². The highest BCUT2D eigenvalue weighted by atomic mass is 16.6. The number of rotatable bonds is 3. The molecule has 0 spiro atoms. The molecule has 1 unspecified atom stereocenters. The molecule has 1 aromatic heterocycles. The first-order chi connectivity index (χ1) is 7.25. The molecule has 2 heterocycles. The third-order valence-electron chi connectivity index (χ3n) is 2.65. The first-order valence-electron chi connectivity index (χ1n) is 5.16. The molecule has 82 valence electrons. The molecule has 15 heavy (non-hydrogen) atoms. The van der Waals surface area contributed by atoms with Gasteiger partial charge in [0.1, 0.15) is 12.4 Å². The summed E-state index contributed by atoms with van der Waals surface area (Å²) in [6.07, 6.45) is 6.34. The molecule has 1 aliphatic rings. The lowest BCUT2D eigenvalue weighted by Gasteiger charge is -2.22. The number of nitrogens with one attached hydrogen (secondary N) is 1. The van der Waals surface area contributed by atoms with Gasteiger partial charge in [-0.1, -0.05) is 6.42 Å². The summed E-state index contributed by atoms with van der Waals surface area (Å²) in [6, 6.07) is 0.401. The highest BCUT2D eigenvalue weighted by Crippen LogP contribution is 2.11. The highest BCUT2D eigenvalue weighted by molar-refractivity contribution is 5.20. The molecule has 0 saturated carbocycles. The maximum Gasteiger partial charge on any atom is 0.306 e. The van der Waals surface area contributed by atoms with Crippen LogP contribution in [-0.4, -0.2) is 27.3 Å². The standard InChI is InChI=1S/C9H14N4O2/c14-13(15)9-5-11-12(7-9)6-8-3-1-2-4-10-8/h5,7-8,10H,1-4,6H2. The predicted molar refractivity (Wildman–Crippen MR) is 54.5 cm³/mol. The van der Waals surface area contributed by atoms with Crippen LogP contribution >= 0.6 is 0 Å². The van der Waals surface area contributed by atoms with Gasteiger partial charge in [0.15, 0.2) is 0 Å². The van der Waals surface area contributed by atoms with Crippen LogP contribution in [0.4, 0.5) is 5.69 Å². The molecule has 1 atom stereocenters. The van der Waals surface area contributed by atoms with E-state index in [1.807, 2.05) is 0 Å². The normalized spacial score (nSPS) is 21.5. The van der Waals surface area contributed by atoms with Crippen LogP contribution in [0, 0.1) is 10.1 Å². The summed E-state index contributed by atoms with van der Waals surface area (Å²) in [5.74, 6) is 0. The lowest BCUT2D eigenvalue weighted by molar-refractivity contribution is -0.385. The Balaban J connectivity index is 1.94. The second-order valence-electron chi connectivity index (χ2n) is 3.82. The van der Waals surface area contributed by atoms with Gasteiger partial charge in [-0.2, -0.15) is 5.10 Å². The summed E-state index contributed by atoms with van der Waals surface area (Å²) in [4.78, 5) is 10.0. The fraction of sp³-hybridized carbons (Fsp3) is 0.667. The van der Waals surface area contributed by atoms with Crippen LogP contribution in [0.2, 0.25) is 0 Å². The van der Waals surface area contributed by atoms with Gasteiger partial charge in [-0.3, -0.25) is 14.8 Å². The molecule has 0 aromatic carbocycles. The van der Waals surface area contributed by atoms with E-state index in [1.54, 1.807) is 4.68 Å². The van der Waals surface area contributed by atoms with E-state index in [2.05, 4.69) is 10.4 Å². The Morgan fingerprint density at radius 2 is 2.53 bits per heavy atom. The minimum atomic E-state index is -0.419. The van der Waals surface area contributed by atoms with Crippen LogP contribution in [0.5, 0.6) is 0 Å². The molecule has 0 amide bonds. The number of nitro groups is 1. The predicted octanol–water partition coefficient (Wildman–Crippen LogP) is 0.933. The van der Waals surface area contributed by atoms with Crippen LogP contribution in [-0.2, 0) is 6.54 Å². The third kappa shape index (κ3) is 2.53. The lowest BCUT2D eigenvalue weighted by atomic mass is 10.1. The summed E-state index contributed by atoms with van der Waals surface area (Å²) in [7, 11) is 0. The molecule has 2 rings (SSSR count). The van der Waals surface area contributed by atoms with E-state index in [0.717, 1.165) is 13.0 Å². The van der Waals surface area contributed by atoms with Crippen molar-refractivity contribution in [2.45, 2.75) is 31.8 Å². The van der Waals surface area contributed by atoms with Crippen LogP contribution in [0.1, 0.15) is 19.3 Å². The largest absolute Gasteiger partial charge is 0.312 e. The Morgan fingerprint density at radius 1 is 1.67 bits per heavy atom. The molecule has 6 heteroatoms. The van der Waals surface area contributed by atoms with E-state index in [0.29, 0.717) is 12.6 Å². The molecular weight excluding hydrogens is 196 g/mol. The Morgan fingerprint density at radius 3 is 3.13 bits per heavy atom. The molecule has 1 aromatic rings. The second kappa shape index (κ2) is 4.39. The molecule has 1 aliphatic heterocycles. The summed E-state index contributed by atoms with van der Waals surface area (Å²) >= 11 is 0. The van der Waals surface area contributed by atoms with Crippen LogP contribution in [0.25, 0.3) is 0 Å². The maximum atomic E-state index is 10.4. The molecule has 1 fully saturated rings. The number of piperidine rings is 1. The van der Waals surface area contributed by atoms with Gasteiger partial charge < -0.3 is 5.32 Å². The van der Waals surface area contributed by atoms with Gasteiger partial charge in [0.25, 0.3) is 0 Å². The van der Waals surface area contributed by atoms with E-state index < -0.39 is 4.92 Å². The Kier molecular flexibility index (Phi) is 2.96. The molecule has 0 aliphatic carbocycles. The Labute approximate surface area is 87.4 Å². The van der Waals surface area contributed by atoms with Gasteiger partial charge in [-0.15, -0.1) is 0 Å². The molecule has 1 N–H and O–H groups in total. The fourth-order valence-corrected chi connectivity index (χ4v) is 1.85. The molecule has 6 nitrogen and oxygen atoms in total. The zero-order chi connectivity index (χ0) is 10.7. The topological polar surface area (TPSA) is 73.0 Å². The van der Waals surface area contributed by atoms with Crippen molar-refractivity contribution in [1.82, 2.24) is 15.1 Å².